The molecule has 6 nitrogen and oxygen atoms in total. The Morgan fingerprint density at radius 3 is 2.67 bits per heavy atom. The summed E-state index contributed by atoms with van der Waals surface area (Å²) in [5, 5.41) is 12.2. The molecule has 9 heteroatoms. The molecule has 0 heterocycles. The lowest BCUT2D eigenvalue weighted by molar-refractivity contribution is 0.312. The Morgan fingerprint density at radius 2 is 2.05 bits per heavy atom. The fourth-order valence-electron chi connectivity index (χ4n) is 2.44. The highest BCUT2D eigenvalue weighted by molar-refractivity contribution is 7.89. The number of hydrogen-bond acceptors (Lipinski definition) is 4. The van der Waals surface area contributed by atoms with Crippen LogP contribution in [0.4, 0.5) is 0 Å². The van der Waals surface area contributed by atoms with Gasteiger partial charge in [-0.05, 0) is 31.0 Å². The molecular weight excluding hydrogens is 337 g/mol. The second-order valence-electron chi connectivity index (χ2n) is 4.87. The van der Waals surface area contributed by atoms with Crippen LogP contribution in [0.2, 0.25) is 10.0 Å². The molecule has 2 unspecified atom stereocenters. The second kappa shape index (κ2) is 6.39. The van der Waals surface area contributed by atoms with Gasteiger partial charge < -0.3 is 10.9 Å². The molecule has 1 fully saturated rings. The highest BCUT2D eigenvalue weighted by Crippen LogP contribution is 2.29. The molecule has 4 N–H and O–H groups in total. The lowest BCUT2D eigenvalue weighted by Crippen LogP contribution is -2.42. The Bertz CT molecular complexity index is 664. The van der Waals surface area contributed by atoms with Gasteiger partial charge in [0.05, 0.1) is 14.9 Å². The Labute approximate surface area is 133 Å². The normalized spacial score (nSPS) is 23.4. The Morgan fingerprint density at radius 1 is 1.33 bits per heavy atom. The zero-order chi connectivity index (χ0) is 15.6. The molecule has 0 amide bonds. The van der Waals surface area contributed by atoms with Gasteiger partial charge in [-0.15, -0.1) is 0 Å². The predicted molar refractivity (Wildman–Crippen MR) is 81.3 cm³/mol. The van der Waals surface area contributed by atoms with Crippen LogP contribution in [0.25, 0.3) is 0 Å². The molecule has 0 radical (unpaired) electrons. The molecule has 2 rings (SSSR count). The first-order valence-electron chi connectivity index (χ1n) is 6.30. The van der Waals surface area contributed by atoms with Crippen LogP contribution in [0.3, 0.4) is 0 Å². The number of amidine groups is 1. The van der Waals surface area contributed by atoms with Crippen molar-refractivity contribution >= 4 is 39.1 Å². The third-order valence-electron chi connectivity index (χ3n) is 3.52. The van der Waals surface area contributed by atoms with E-state index in [9.17, 15) is 8.42 Å². The van der Waals surface area contributed by atoms with E-state index in [1.807, 2.05) is 0 Å². The summed E-state index contributed by atoms with van der Waals surface area (Å²) in [6, 6.07) is 3.69. The van der Waals surface area contributed by atoms with Gasteiger partial charge in [-0.3, -0.25) is 0 Å². The molecule has 1 aliphatic rings. The number of halogens is 2. The minimum atomic E-state index is -3.74. The van der Waals surface area contributed by atoms with Gasteiger partial charge in [-0.1, -0.05) is 34.8 Å². The van der Waals surface area contributed by atoms with Crippen molar-refractivity contribution in [3.05, 3.63) is 28.2 Å². The van der Waals surface area contributed by atoms with Crippen molar-refractivity contribution in [2.45, 2.75) is 30.2 Å². The van der Waals surface area contributed by atoms with E-state index in [1.165, 1.54) is 18.2 Å². The number of oxime groups is 1. The maximum Gasteiger partial charge on any atom is 0.240 e. The quantitative estimate of drug-likeness (QED) is 0.334. The highest BCUT2D eigenvalue weighted by Gasteiger charge is 2.34. The van der Waals surface area contributed by atoms with Crippen LogP contribution in [0, 0.1) is 5.92 Å². The molecular formula is C12H15Cl2N3O3S. The van der Waals surface area contributed by atoms with Gasteiger partial charge in [-0.25, -0.2) is 13.1 Å². The summed E-state index contributed by atoms with van der Waals surface area (Å²) in [5.74, 6) is -0.276. The van der Waals surface area contributed by atoms with Gasteiger partial charge in [0, 0.05) is 12.0 Å². The first-order chi connectivity index (χ1) is 9.85. The molecule has 1 aromatic rings. The van der Waals surface area contributed by atoms with Crippen molar-refractivity contribution in [3.63, 3.8) is 0 Å². The van der Waals surface area contributed by atoms with E-state index in [0.29, 0.717) is 12.8 Å². The lowest BCUT2D eigenvalue weighted by atomic mass is 10.0. The fraction of sp³-hybridized carbons (Fsp3) is 0.417. The van der Waals surface area contributed by atoms with Crippen molar-refractivity contribution in [2.24, 2.45) is 16.8 Å². The first kappa shape index (κ1) is 16.4. The van der Waals surface area contributed by atoms with Crippen LogP contribution < -0.4 is 10.5 Å². The van der Waals surface area contributed by atoms with Gasteiger partial charge in [-0.2, -0.15) is 0 Å². The standard InChI is InChI=1S/C12H15Cl2N3O3S/c13-9-5-4-7(6-10(9)14)21(19,20)17-11-3-1-2-8(11)12(15)16-18/h4-6,8,11,17-18H,1-3H2,(H2,15,16). The average Bonchev–Trinajstić information content (AvgIpc) is 2.88. The van der Waals surface area contributed by atoms with Crippen molar-refractivity contribution < 1.29 is 13.6 Å². The van der Waals surface area contributed by atoms with E-state index < -0.39 is 16.1 Å². The number of rotatable bonds is 4. The summed E-state index contributed by atoms with van der Waals surface area (Å²) in [6.45, 7) is 0. The number of hydrogen-bond donors (Lipinski definition) is 3. The van der Waals surface area contributed by atoms with Crippen molar-refractivity contribution in [1.82, 2.24) is 4.72 Å². The minimum absolute atomic E-state index is 0.0297. The summed E-state index contributed by atoms with van der Waals surface area (Å²) in [4.78, 5) is 0.0297. The smallest absolute Gasteiger partial charge is 0.240 e. The largest absolute Gasteiger partial charge is 0.409 e. The van der Waals surface area contributed by atoms with Crippen molar-refractivity contribution in [2.75, 3.05) is 0 Å². The van der Waals surface area contributed by atoms with Gasteiger partial charge in [0.2, 0.25) is 10.0 Å². The SMILES string of the molecule is NC(=NO)C1CCCC1NS(=O)(=O)c1ccc(Cl)c(Cl)c1. The molecule has 0 aliphatic heterocycles. The summed E-state index contributed by atoms with van der Waals surface area (Å²) in [5.41, 5.74) is 5.60. The molecule has 21 heavy (non-hydrogen) atoms. The van der Waals surface area contributed by atoms with Gasteiger partial charge in [0.1, 0.15) is 5.84 Å². The summed E-state index contributed by atoms with van der Waals surface area (Å²) < 4.78 is 27.3. The molecule has 0 spiro atoms. The zero-order valence-electron chi connectivity index (χ0n) is 11.0. The van der Waals surface area contributed by atoms with Crippen LogP contribution in [0.15, 0.2) is 28.3 Å². The summed E-state index contributed by atoms with van der Waals surface area (Å²) in [6.07, 6.45) is 2.10. The molecule has 116 valence electrons. The number of nitrogens with zero attached hydrogens (tertiary/aromatic N) is 1. The maximum absolute atomic E-state index is 12.4. The van der Waals surface area contributed by atoms with Gasteiger partial charge in [0.15, 0.2) is 0 Å². The number of nitrogens with one attached hydrogen (secondary N) is 1. The van der Waals surface area contributed by atoms with Crippen molar-refractivity contribution in [3.8, 4) is 0 Å². The van der Waals surface area contributed by atoms with E-state index in [1.54, 1.807) is 0 Å². The lowest BCUT2D eigenvalue weighted by Gasteiger charge is -2.19. The Kier molecular flexibility index (Phi) is 4.98. The number of nitrogens with two attached hydrogens (primary N) is 1. The second-order valence-corrected chi connectivity index (χ2v) is 7.39. The van der Waals surface area contributed by atoms with Gasteiger partial charge >= 0.3 is 0 Å². The Hall–Kier alpha value is -1.02. The number of sulfonamides is 1. The maximum atomic E-state index is 12.4. The van der Waals surface area contributed by atoms with Crippen molar-refractivity contribution in [1.29, 1.82) is 0 Å². The molecule has 2 atom stereocenters. The summed E-state index contributed by atoms with van der Waals surface area (Å²) >= 11 is 11.6. The van der Waals surface area contributed by atoms with E-state index in [-0.39, 0.29) is 26.7 Å². The highest BCUT2D eigenvalue weighted by atomic mass is 35.5. The predicted octanol–water partition coefficient (Wildman–Crippen LogP) is 2.19. The molecule has 0 aromatic heterocycles. The van der Waals surface area contributed by atoms with E-state index in [0.717, 1.165) is 6.42 Å². The van der Waals surface area contributed by atoms with E-state index >= 15 is 0 Å². The third-order valence-corrected chi connectivity index (χ3v) is 5.75. The van der Waals surface area contributed by atoms with Gasteiger partial charge in [0.25, 0.3) is 0 Å². The molecule has 0 saturated heterocycles. The van der Waals surface area contributed by atoms with E-state index in [2.05, 4.69) is 9.88 Å². The monoisotopic (exact) mass is 351 g/mol. The average molecular weight is 352 g/mol. The minimum Gasteiger partial charge on any atom is -0.409 e. The topological polar surface area (TPSA) is 105 Å². The number of benzene rings is 1. The Balaban J connectivity index is 2.22. The molecule has 1 aliphatic carbocycles. The van der Waals surface area contributed by atoms with Crippen LogP contribution in [0.1, 0.15) is 19.3 Å². The molecule has 1 saturated carbocycles. The van der Waals surface area contributed by atoms with Crippen LogP contribution in [-0.2, 0) is 10.0 Å². The van der Waals surface area contributed by atoms with E-state index in [4.69, 9.17) is 34.1 Å². The summed E-state index contributed by atoms with van der Waals surface area (Å²) in [7, 11) is -3.74. The molecule has 0 bridgehead atoms. The zero-order valence-corrected chi connectivity index (χ0v) is 13.3. The molecule has 1 aromatic carbocycles. The van der Waals surface area contributed by atoms with Crippen LogP contribution in [-0.4, -0.2) is 25.5 Å². The first-order valence-corrected chi connectivity index (χ1v) is 8.54. The van der Waals surface area contributed by atoms with Crippen LogP contribution in [0.5, 0.6) is 0 Å². The third kappa shape index (κ3) is 3.60. The fourth-order valence-corrected chi connectivity index (χ4v) is 4.14. The van der Waals surface area contributed by atoms with Crippen LogP contribution >= 0.6 is 23.2 Å².